The van der Waals surface area contributed by atoms with Gasteiger partial charge in [0.05, 0.1) is 20.2 Å². The number of anilines is 1. The van der Waals surface area contributed by atoms with Crippen LogP contribution in [0.25, 0.3) is 0 Å². The number of hydrogen-bond donors (Lipinski definition) is 1. The zero-order chi connectivity index (χ0) is 20.7. The minimum absolute atomic E-state index is 0.0505. The number of aromatic nitrogens is 1. The predicted octanol–water partition coefficient (Wildman–Crippen LogP) is 3.67. The Kier molecular flexibility index (Phi) is 7.81. The topological polar surface area (TPSA) is 63.6 Å². The van der Waals surface area contributed by atoms with Gasteiger partial charge in [-0.2, -0.15) is 0 Å². The third kappa shape index (κ3) is 5.45. The molecule has 2 rings (SSSR count). The molecule has 0 fully saturated rings. The van der Waals surface area contributed by atoms with Crippen molar-refractivity contribution in [3.05, 3.63) is 47.3 Å². The Bertz CT molecular complexity index is 809. The van der Waals surface area contributed by atoms with Crippen molar-refractivity contribution in [3.63, 3.8) is 0 Å². The zero-order valence-electron chi connectivity index (χ0n) is 17.5. The van der Waals surface area contributed by atoms with Gasteiger partial charge in [-0.25, -0.2) is 0 Å². The number of methoxy groups -OCH3 is 1. The van der Waals surface area contributed by atoms with E-state index in [1.165, 1.54) is 0 Å². The Labute approximate surface area is 167 Å². The average Bonchev–Trinajstić information content (AvgIpc) is 2.96. The van der Waals surface area contributed by atoms with Gasteiger partial charge in [0.15, 0.2) is 5.78 Å². The lowest BCUT2D eigenvalue weighted by Crippen LogP contribution is -2.37. The SMILES string of the molecule is CCCn1c(C)cc(C(=O)CN(CC)CC(=O)Nc2ccc(OC)cc2)c1C. The molecule has 0 bridgehead atoms. The molecule has 6 nitrogen and oxygen atoms in total. The largest absolute Gasteiger partial charge is 0.497 e. The second kappa shape index (κ2) is 10.1. The molecule has 0 aliphatic heterocycles. The number of carbonyl (C=O) groups is 2. The van der Waals surface area contributed by atoms with Crippen LogP contribution in [0.4, 0.5) is 5.69 Å². The second-order valence-electron chi connectivity index (χ2n) is 6.94. The molecule has 1 aromatic heterocycles. The highest BCUT2D eigenvalue weighted by molar-refractivity contribution is 5.99. The normalized spacial score (nSPS) is 10.9. The molecular weight excluding hydrogens is 354 g/mol. The van der Waals surface area contributed by atoms with E-state index in [4.69, 9.17) is 4.74 Å². The molecule has 0 radical (unpaired) electrons. The highest BCUT2D eigenvalue weighted by Gasteiger charge is 2.19. The van der Waals surface area contributed by atoms with Gasteiger partial charge in [0.2, 0.25) is 5.91 Å². The lowest BCUT2D eigenvalue weighted by molar-refractivity contribution is -0.117. The quantitative estimate of drug-likeness (QED) is 0.634. The van der Waals surface area contributed by atoms with Crippen molar-refractivity contribution in [3.8, 4) is 5.75 Å². The van der Waals surface area contributed by atoms with Crippen LogP contribution in [0.15, 0.2) is 30.3 Å². The molecule has 0 aliphatic carbocycles. The summed E-state index contributed by atoms with van der Waals surface area (Å²) in [6.45, 7) is 10.0. The molecule has 0 saturated carbocycles. The Morgan fingerprint density at radius 2 is 1.79 bits per heavy atom. The van der Waals surface area contributed by atoms with E-state index in [2.05, 4.69) is 16.8 Å². The summed E-state index contributed by atoms with van der Waals surface area (Å²) < 4.78 is 7.30. The van der Waals surface area contributed by atoms with Crippen LogP contribution >= 0.6 is 0 Å². The second-order valence-corrected chi connectivity index (χ2v) is 6.94. The molecule has 0 aliphatic rings. The van der Waals surface area contributed by atoms with Gasteiger partial charge in [0.25, 0.3) is 0 Å². The van der Waals surface area contributed by atoms with Gasteiger partial charge in [0.1, 0.15) is 5.75 Å². The monoisotopic (exact) mass is 385 g/mol. The molecule has 28 heavy (non-hydrogen) atoms. The first-order chi connectivity index (χ1) is 13.4. The van der Waals surface area contributed by atoms with E-state index in [0.29, 0.717) is 12.2 Å². The Balaban J connectivity index is 1.98. The summed E-state index contributed by atoms with van der Waals surface area (Å²) in [4.78, 5) is 27.0. The summed E-state index contributed by atoms with van der Waals surface area (Å²) in [5, 5.41) is 2.86. The van der Waals surface area contributed by atoms with Gasteiger partial charge in [-0.05, 0) is 57.1 Å². The lowest BCUT2D eigenvalue weighted by atomic mass is 10.1. The first kappa shape index (κ1) is 21.7. The van der Waals surface area contributed by atoms with Crippen LogP contribution in [0.5, 0.6) is 5.75 Å². The number of carbonyl (C=O) groups excluding carboxylic acids is 2. The van der Waals surface area contributed by atoms with Crippen molar-refractivity contribution in [1.29, 1.82) is 0 Å². The number of nitrogens with one attached hydrogen (secondary N) is 1. The number of Topliss-reactive ketones (excluding diaryl/α,β-unsaturated/α-hetero) is 1. The van der Waals surface area contributed by atoms with E-state index in [9.17, 15) is 9.59 Å². The zero-order valence-corrected chi connectivity index (χ0v) is 17.5. The standard InChI is InChI=1S/C22H31N3O3/c1-6-12-25-16(3)13-20(17(25)4)21(26)14-24(7-2)15-22(27)23-18-8-10-19(28-5)11-9-18/h8-11,13H,6-7,12,14-15H2,1-5H3,(H,23,27). The Morgan fingerprint density at radius 3 is 2.36 bits per heavy atom. The lowest BCUT2D eigenvalue weighted by Gasteiger charge is -2.19. The average molecular weight is 386 g/mol. The van der Waals surface area contributed by atoms with E-state index >= 15 is 0 Å². The number of ether oxygens (including phenoxy) is 1. The number of likely N-dealkylation sites (N-methyl/N-ethyl adjacent to an activating group) is 1. The van der Waals surface area contributed by atoms with E-state index in [1.807, 2.05) is 31.7 Å². The van der Waals surface area contributed by atoms with Crippen molar-refractivity contribution in [2.24, 2.45) is 0 Å². The van der Waals surface area contributed by atoms with Crippen molar-refractivity contribution in [1.82, 2.24) is 9.47 Å². The molecule has 2 aromatic rings. The Morgan fingerprint density at radius 1 is 1.11 bits per heavy atom. The molecule has 0 saturated heterocycles. The number of nitrogens with zero attached hydrogens (tertiary/aromatic N) is 2. The number of rotatable bonds is 10. The summed E-state index contributed by atoms with van der Waals surface area (Å²) in [6, 6.07) is 9.13. The van der Waals surface area contributed by atoms with Crippen LogP contribution in [0, 0.1) is 13.8 Å². The van der Waals surface area contributed by atoms with Crippen LogP contribution in [0.3, 0.4) is 0 Å². The molecule has 0 atom stereocenters. The van der Waals surface area contributed by atoms with Crippen LogP contribution in [-0.4, -0.2) is 47.9 Å². The van der Waals surface area contributed by atoms with Crippen molar-refractivity contribution in [2.75, 3.05) is 32.1 Å². The fourth-order valence-electron chi connectivity index (χ4n) is 3.30. The first-order valence-corrected chi connectivity index (χ1v) is 9.75. The summed E-state index contributed by atoms with van der Waals surface area (Å²) in [5.41, 5.74) is 3.56. The summed E-state index contributed by atoms with van der Waals surface area (Å²) in [7, 11) is 1.60. The predicted molar refractivity (Wildman–Crippen MR) is 112 cm³/mol. The number of benzene rings is 1. The molecule has 1 amide bonds. The van der Waals surface area contributed by atoms with Crippen LogP contribution in [-0.2, 0) is 11.3 Å². The van der Waals surface area contributed by atoms with Crippen LogP contribution < -0.4 is 10.1 Å². The molecule has 1 aromatic carbocycles. The van der Waals surface area contributed by atoms with Crippen molar-refractivity contribution < 1.29 is 14.3 Å². The molecule has 152 valence electrons. The maximum atomic E-state index is 12.8. The minimum Gasteiger partial charge on any atom is -0.497 e. The smallest absolute Gasteiger partial charge is 0.238 e. The van der Waals surface area contributed by atoms with Gasteiger partial charge in [-0.1, -0.05) is 13.8 Å². The van der Waals surface area contributed by atoms with Gasteiger partial charge in [-0.15, -0.1) is 0 Å². The maximum absolute atomic E-state index is 12.8. The van der Waals surface area contributed by atoms with Crippen LogP contribution in [0.2, 0.25) is 0 Å². The molecule has 0 spiro atoms. The number of hydrogen-bond acceptors (Lipinski definition) is 4. The summed E-state index contributed by atoms with van der Waals surface area (Å²) in [6.07, 6.45) is 1.02. The third-order valence-electron chi connectivity index (χ3n) is 4.88. The van der Waals surface area contributed by atoms with Crippen molar-refractivity contribution >= 4 is 17.4 Å². The molecule has 6 heteroatoms. The molecule has 0 unspecified atom stereocenters. The first-order valence-electron chi connectivity index (χ1n) is 9.75. The van der Waals surface area contributed by atoms with E-state index in [-0.39, 0.29) is 24.8 Å². The van der Waals surface area contributed by atoms with Crippen molar-refractivity contribution in [2.45, 2.75) is 40.7 Å². The van der Waals surface area contributed by atoms with Gasteiger partial charge in [-0.3, -0.25) is 14.5 Å². The molecule has 1 heterocycles. The fourth-order valence-corrected chi connectivity index (χ4v) is 3.30. The fraction of sp³-hybridized carbons (Fsp3) is 0.455. The van der Waals surface area contributed by atoms with E-state index < -0.39 is 0 Å². The molecular formula is C22H31N3O3. The third-order valence-corrected chi connectivity index (χ3v) is 4.88. The highest BCUT2D eigenvalue weighted by Crippen LogP contribution is 2.17. The van der Waals surface area contributed by atoms with E-state index in [1.54, 1.807) is 31.4 Å². The minimum atomic E-state index is -0.142. The van der Waals surface area contributed by atoms with Gasteiger partial charge in [0, 0.05) is 29.2 Å². The summed E-state index contributed by atoms with van der Waals surface area (Å²) in [5.74, 6) is 0.644. The maximum Gasteiger partial charge on any atom is 0.238 e. The number of ketones is 1. The van der Waals surface area contributed by atoms with Crippen LogP contribution in [0.1, 0.15) is 42.0 Å². The Hall–Kier alpha value is -2.60. The highest BCUT2D eigenvalue weighted by atomic mass is 16.5. The van der Waals surface area contributed by atoms with E-state index in [0.717, 1.165) is 35.7 Å². The molecule has 1 N–H and O–H groups in total. The van der Waals surface area contributed by atoms with Gasteiger partial charge >= 0.3 is 0 Å². The summed E-state index contributed by atoms with van der Waals surface area (Å²) >= 11 is 0. The number of amides is 1. The number of aryl methyl sites for hydroxylation is 1. The van der Waals surface area contributed by atoms with Gasteiger partial charge < -0.3 is 14.6 Å².